The summed E-state index contributed by atoms with van der Waals surface area (Å²) in [6.45, 7) is 4.21. The van der Waals surface area contributed by atoms with Crippen molar-refractivity contribution in [1.29, 1.82) is 0 Å². The molecule has 0 unspecified atom stereocenters. The third-order valence-electron chi connectivity index (χ3n) is 3.14. The smallest absolute Gasteiger partial charge is 0.250 e. The number of carbonyl (C=O) groups excluding carboxylic acids is 1. The van der Waals surface area contributed by atoms with Gasteiger partial charge in [0, 0.05) is 11.2 Å². The van der Waals surface area contributed by atoms with E-state index in [1.165, 1.54) is 18.2 Å². The second kappa shape index (κ2) is 7.21. The zero-order valence-electron chi connectivity index (χ0n) is 11.4. The lowest BCUT2D eigenvalue weighted by atomic mass is 9.96. The van der Waals surface area contributed by atoms with Gasteiger partial charge in [-0.3, -0.25) is 4.79 Å². The van der Waals surface area contributed by atoms with Crippen molar-refractivity contribution < 1.29 is 13.9 Å². The molecule has 106 valence electrons. The normalized spacial score (nSPS) is 11.4. The van der Waals surface area contributed by atoms with Crippen molar-refractivity contribution in [3.8, 4) is 0 Å². The maximum Gasteiger partial charge on any atom is 0.250 e. The maximum atomic E-state index is 12.9. The highest BCUT2D eigenvalue weighted by Gasteiger charge is 2.20. The summed E-state index contributed by atoms with van der Waals surface area (Å²) in [7, 11) is 0. The molecule has 19 heavy (non-hydrogen) atoms. The number of benzene rings is 1. The molecule has 1 amide bonds. The Labute approximate surface area is 113 Å². The predicted octanol–water partition coefficient (Wildman–Crippen LogP) is 2.30. The minimum absolute atomic E-state index is 0.0878. The van der Waals surface area contributed by atoms with Crippen LogP contribution in [0.4, 0.5) is 10.1 Å². The highest BCUT2D eigenvalue weighted by atomic mass is 19.1. The molecule has 0 aromatic heterocycles. The van der Waals surface area contributed by atoms with E-state index in [2.05, 4.69) is 5.32 Å². The number of amides is 1. The van der Waals surface area contributed by atoms with Gasteiger partial charge in [-0.2, -0.15) is 0 Å². The zero-order valence-corrected chi connectivity index (χ0v) is 11.4. The van der Waals surface area contributed by atoms with Crippen LogP contribution in [0.15, 0.2) is 24.3 Å². The number of nitrogens with one attached hydrogen (secondary N) is 1. The third kappa shape index (κ3) is 5.36. The first-order valence-corrected chi connectivity index (χ1v) is 6.41. The van der Waals surface area contributed by atoms with E-state index in [0.29, 0.717) is 12.3 Å². The van der Waals surface area contributed by atoms with Crippen molar-refractivity contribution in [3.05, 3.63) is 30.1 Å². The lowest BCUT2D eigenvalue weighted by molar-refractivity contribution is -0.121. The van der Waals surface area contributed by atoms with Crippen LogP contribution >= 0.6 is 0 Å². The van der Waals surface area contributed by atoms with Gasteiger partial charge in [0.15, 0.2) is 0 Å². The lowest BCUT2D eigenvalue weighted by Gasteiger charge is -2.25. The van der Waals surface area contributed by atoms with E-state index in [9.17, 15) is 9.18 Å². The molecular weight excluding hydrogens is 247 g/mol. The van der Waals surface area contributed by atoms with Gasteiger partial charge in [0.25, 0.3) is 0 Å². The Morgan fingerprint density at radius 2 is 2.11 bits per heavy atom. The molecule has 0 saturated heterocycles. The van der Waals surface area contributed by atoms with E-state index in [1.54, 1.807) is 6.07 Å². The largest absolute Gasteiger partial charge is 0.370 e. The summed E-state index contributed by atoms with van der Waals surface area (Å²) in [6.07, 6.45) is 1.57. The number of anilines is 1. The van der Waals surface area contributed by atoms with Gasteiger partial charge in [0.2, 0.25) is 5.91 Å². The number of nitrogens with two attached hydrogens (primary N) is 1. The Bertz CT molecular complexity index is 420. The van der Waals surface area contributed by atoms with Gasteiger partial charge in [-0.05, 0) is 31.0 Å². The van der Waals surface area contributed by atoms with E-state index in [4.69, 9.17) is 10.5 Å². The van der Waals surface area contributed by atoms with Crippen LogP contribution in [0.1, 0.15) is 26.7 Å². The van der Waals surface area contributed by atoms with Crippen LogP contribution in [-0.2, 0) is 9.53 Å². The number of ether oxygens (including phenoxy) is 1. The summed E-state index contributed by atoms with van der Waals surface area (Å²) in [5, 5.41) is 2.56. The van der Waals surface area contributed by atoms with Crippen LogP contribution in [0.25, 0.3) is 0 Å². The highest BCUT2D eigenvalue weighted by Crippen LogP contribution is 2.12. The Balaban J connectivity index is 2.36. The number of halogens is 1. The molecule has 3 N–H and O–H groups in total. The summed E-state index contributed by atoms with van der Waals surface area (Å²) >= 11 is 0. The van der Waals surface area contributed by atoms with E-state index in [1.807, 2.05) is 13.8 Å². The standard InChI is InChI=1S/C14H21FN2O2/c1-3-14(16,4-2)10-19-9-13(18)17-12-7-5-6-11(15)8-12/h5-8H,3-4,9-10,16H2,1-2H3,(H,17,18). The molecular formula is C14H21FN2O2. The van der Waals surface area contributed by atoms with Crippen LogP contribution in [-0.4, -0.2) is 24.7 Å². The van der Waals surface area contributed by atoms with E-state index < -0.39 is 5.82 Å². The summed E-state index contributed by atoms with van der Waals surface area (Å²) in [5.74, 6) is -0.711. The molecule has 4 nitrogen and oxygen atoms in total. The molecule has 0 bridgehead atoms. The van der Waals surface area contributed by atoms with Crippen molar-refractivity contribution in [1.82, 2.24) is 0 Å². The van der Waals surface area contributed by atoms with Crippen LogP contribution in [0, 0.1) is 5.82 Å². The third-order valence-corrected chi connectivity index (χ3v) is 3.14. The Morgan fingerprint density at radius 1 is 1.42 bits per heavy atom. The monoisotopic (exact) mass is 268 g/mol. The van der Waals surface area contributed by atoms with Crippen molar-refractivity contribution >= 4 is 11.6 Å². The van der Waals surface area contributed by atoms with Crippen LogP contribution in [0.2, 0.25) is 0 Å². The van der Waals surface area contributed by atoms with Gasteiger partial charge < -0.3 is 15.8 Å². The summed E-state index contributed by atoms with van der Waals surface area (Å²) in [4.78, 5) is 11.6. The number of rotatable bonds is 7. The van der Waals surface area contributed by atoms with E-state index >= 15 is 0 Å². The van der Waals surface area contributed by atoms with Crippen molar-refractivity contribution in [2.75, 3.05) is 18.5 Å². The Kier molecular flexibility index (Phi) is 5.92. The molecule has 1 rings (SSSR count). The van der Waals surface area contributed by atoms with Crippen molar-refractivity contribution in [2.24, 2.45) is 5.73 Å². The van der Waals surface area contributed by atoms with Crippen molar-refractivity contribution in [2.45, 2.75) is 32.2 Å². The first-order chi connectivity index (χ1) is 8.99. The fraction of sp³-hybridized carbons (Fsp3) is 0.500. The molecule has 1 aromatic rings. The van der Waals surface area contributed by atoms with Crippen LogP contribution in [0.3, 0.4) is 0 Å². The molecule has 0 fully saturated rings. The predicted molar refractivity (Wildman–Crippen MR) is 73.3 cm³/mol. The van der Waals surface area contributed by atoms with Crippen molar-refractivity contribution in [3.63, 3.8) is 0 Å². The topological polar surface area (TPSA) is 64.3 Å². The minimum Gasteiger partial charge on any atom is -0.370 e. The van der Waals surface area contributed by atoms with Gasteiger partial charge >= 0.3 is 0 Å². The first-order valence-electron chi connectivity index (χ1n) is 6.41. The van der Waals surface area contributed by atoms with Gasteiger partial charge in [-0.1, -0.05) is 19.9 Å². The molecule has 0 aliphatic rings. The number of hydrogen-bond donors (Lipinski definition) is 2. The van der Waals surface area contributed by atoms with Gasteiger partial charge in [0.1, 0.15) is 12.4 Å². The lowest BCUT2D eigenvalue weighted by Crippen LogP contribution is -2.43. The van der Waals surface area contributed by atoms with Gasteiger partial charge in [0.05, 0.1) is 6.61 Å². The second-order valence-electron chi connectivity index (χ2n) is 4.62. The molecule has 5 heteroatoms. The highest BCUT2D eigenvalue weighted by molar-refractivity contribution is 5.91. The van der Waals surface area contributed by atoms with E-state index in [0.717, 1.165) is 12.8 Å². The SMILES string of the molecule is CCC(N)(CC)COCC(=O)Nc1cccc(F)c1. The number of carbonyl (C=O) groups is 1. The van der Waals surface area contributed by atoms with E-state index in [-0.39, 0.29) is 18.1 Å². The molecule has 0 saturated carbocycles. The van der Waals surface area contributed by atoms with Crippen LogP contribution < -0.4 is 11.1 Å². The minimum atomic E-state index is -0.392. The molecule has 1 aromatic carbocycles. The zero-order chi connectivity index (χ0) is 14.3. The Morgan fingerprint density at radius 3 is 2.68 bits per heavy atom. The quantitative estimate of drug-likeness (QED) is 0.797. The maximum absolute atomic E-state index is 12.9. The summed E-state index contributed by atoms with van der Waals surface area (Å²) in [5.41, 5.74) is 6.07. The first kappa shape index (κ1) is 15.6. The molecule has 0 aliphatic carbocycles. The molecule has 0 atom stereocenters. The average molecular weight is 268 g/mol. The Hall–Kier alpha value is -1.46. The second-order valence-corrected chi connectivity index (χ2v) is 4.62. The fourth-order valence-electron chi connectivity index (χ4n) is 1.56. The molecule has 0 heterocycles. The van der Waals surface area contributed by atoms with Gasteiger partial charge in [-0.15, -0.1) is 0 Å². The summed E-state index contributed by atoms with van der Waals surface area (Å²) < 4.78 is 18.2. The summed E-state index contributed by atoms with van der Waals surface area (Å²) in [6, 6.07) is 5.72. The average Bonchev–Trinajstić information content (AvgIpc) is 2.38. The number of hydrogen-bond acceptors (Lipinski definition) is 3. The van der Waals surface area contributed by atoms with Gasteiger partial charge in [-0.25, -0.2) is 4.39 Å². The van der Waals surface area contributed by atoms with Crippen LogP contribution in [0.5, 0.6) is 0 Å². The molecule has 0 aliphatic heterocycles. The molecule has 0 radical (unpaired) electrons. The fourth-order valence-corrected chi connectivity index (χ4v) is 1.56. The molecule has 0 spiro atoms.